The van der Waals surface area contributed by atoms with E-state index in [9.17, 15) is 13.2 Å². The van der Waals surface area contributed by atoms with Crippen LogP contribution in [0.15, 0.2) is 65.6 Å². The molecule has 0 amide bonds. The van der Waals surface area contributed by atoms with Gasteiger partial charge in [-0.15, -0.1) is 0 Å². The number of hydrogen-bond donors (Lipinski definition) is 0. The number of hydrogen-bond acceptors (Lipinski definition) is 5. The molecule has 0 bridgehead atoms. The van der Waals surface area contributed by atoms with Crippen LogP contribution in [0.1, 0.15) is 15.9 Å². The maximum atomic E-state index is 13.0. The van der Waals surface area contributed by atoms with Gasteiger partial charge in [0.15, 0.2) is 0 Å². The Hall–Kier alpha value is -2.74. The number of carbonyl (C=O) groups excluding carboxylic acids is 1. The molecule has 0 spiro atoms. The molecule has 0 saturated carbocycles. The van der Waals surface area contributed by atoms with Gasteiger partial charge in [-0.1, -0.05) is 36.4 Å². The average molecular weight is 411 g/mol. The van der Waals surface area contributed by atoms with Crippen LogP contribution in [0.3, 0.4) is 0 Å². The molecule has 0 N–H and O–H groups in total. The first kappa shape index (κ1) is 19.6. The van der Waals surface area contributed by atoms with Gasteiger partial charge < -0.3 is 9.47 Å². The summed E-state index contributed by atoms with van der Waals surface area (Å²) in [5.74, 6) is -0.189. The fraction of sp³-hybridized carbons (Fsp3) is 0.227. The Morgan fingerprint density at radius 1 is 0.966 bits per heavy atom. The second kappa shape index (κ2) is 7.94. The van der Waals surface area contributed by atoms with Gasteiger partial charge in [-0.2, -0.15) is 4.31 Å². The van der Waals surface area contributed by atoms with Crippen molar-refractivity contribution in [3.63, 3.8) is 0 Å². The zero-order valence-electron chi connectivity index (χ0n) is 16.0. The van der Waals surface area contributed by atoms with Gasteiger partial charge in [0.1, 0.15) is 5.75 Å². The van der Waals surface area contributed by atoms with E-state index in [0.29, 0.717) is 37.6 Å². The number of carbonyl (C=O) groups is 1. The second-order valence-electron chi connectivity index (χ2n) is 6.90. The van der Waals surface area contributed by atoms with Crippen molar-refractivity contribution in [2.24, 2.45) is 0 Å². The van der Waals surface area contributed by atoms with Gasteiger partial charge in [-0.25, -0.2) is 13.2 Å². The normalized spacial score (nSPS) is 15.3. The third-order valence-electron chi connectivity index (χ3n) is 4.94. The Morgan fingerprint density at radius 3 is 2.45 bits per heavy atom. The fourth-order valence-electron chi connectivity index (χ4n) is 3.33. The smallest absolute Gasteiger partial charge is 0.343 e. The van der Waals surface area contributed by atoms with Gasteiger partial charge in [0.05, 0.1) is 23.7 Å². The summed E-state index contributed by atoms with van der Waals surface area (Å²) in [6.07, 6.45) is 0. The van der Waals surface area contributed by atoms with Crippen LogP contribution in [-0.4, -0.2) is 45.0 Å². The SMILES string of the molecule is Cc1ccc(C(=O)Oc2ccc3ccccc3c2)cc1S(=O)(=O)N1CCOCC1. The molecule has 3 aromatic rings. The first-order valence-electron chi connectivity index (χ1n) is 9.35. The Bertz CT molecular complexity index is 1170. The van der Waals surface area contributed by atoms with Gasteiger partial charge in [-0.05, 0) is 47.5 Å². The average Bonchev–Trinajstić information content (AvgIpc) is 2.74. The highest BCUT2D eigenvalue weighted by Crippen LogP contribution is 2.25. The molecule has 0 unspecified atom stereocenters. The number of esters is 1. The van der Waals surface area contributed by atoms with Crippen molar-refractivity contribution in [3.8, 4) is 5.75 Å². The predicted molar refractivity (Wildman–Crippen MR) is 110 cm³/mol. The van der Waals surface area contributed by atoms with Crippen LogP contribution in [0.25, 0.3) is 10.8 Å². The van der Waals surface area contributed by atoms with Crippen molar-refractivity contribution < 1.29 is 22.7 Å². The first-order chi connectivity index (χ1) is 13.9. The molecule has 0 aromatic heterocycles. The number of rotatable bonds is 4. The standard InChI is InChI=1S/C22H21NO5S/c1-16-6-7-19(15-21(16)29(25,26)23-10-12-27-13-11-23)22(24)28-20-9-8-17-4-2-3-5-18(17)14-20/h2-9,14-15H,10-13H2,1H3. The highest BCUT2D eigenvalue weighted by atomic mass is 32.2. The third-order valence-corrected chi connectivity index (χ3v) is 6.98. The van der Waals surface area contributed by atoms with E-state index in [0.717, 1.165) is 10.8 Å². The number of fused-ring (bicyclic) bond motifs is 1. The second-order valence-corrected chi connectivity index (χ2v) is 8.80. The van der Waals surface area contributed by atoms with Crippen LogP contribution < -0.4 is 4.74 Å². The van der Waals surface area contributed by atoms with Crippen molar-refractivity contribution in [3.05, 3.63) is 71.8 Å². The first-order valence-corrected chi connectivity index (χ1v) is 10.8. The highest BCUT2D eigenvalue weighted by molar-refractivity contribution is 7.89. The summed E-state index contributed by atoms with van der Waals surface area (Å²) in [7, 11) is -3.70. The molecule has 0 atom stereocenters. The molecule has 1 heterocycles. The van der Waals surface area contributed by atoms with Gasteiger partial charge in [0.25, 0.3) is 0 Å². The number of sulfonamides is 1. The monoisotopic (exact) mass is 411 g/mol. The number of morpholine rings is 1. The van der Waals surface area contributed by atoms with Crippen LogP contribution in [0.4, 0.5) is 0 Å². The van der Waals surface area contributed by atoms with Gasteiger partial charge in [0, 0.05) is 13.1 Å². The molecule has 6 nitrogen and oxygen atoms in total. The minimum Gasteiger partial charge on any atom is -0.423 e. The summed E-state index contributed by atoms with van der Waals surface area (Å²) in [5, 5.41) is 2.00. The molecule has 0 aliphatic carbocycles. The maximum absolute atomic E-state index is 13.0. The summed E-state index contributed by atoms with van der Waals surface area (Å²) < 4.78 is 38.1. The van der Waals surface area contributed by atoms with Crippen molar-refractivity contribution in [2.75, 3.05) is 26.3 Å². The largest absolute Gasteiger partial charge is 0.423 e. The quantitative estimate of drug-likeness (QED) is 0.486. The fourth-order valence-corrected chi connectivity index (χ4v) is 4.99. The van der Waals surface area contributed by atoms with E-state index < -0.39 is 16.0 Å². The lowest BCUT2D eigenvalue weighted by Gasteiger charge is -2.26. The summed E-state index contributed by atoms with van der Waals surface area (Å²) in [6, 6.07) is 17.8. The molecule has 1 aliphatic rings. The molecule has 7 heteroatoms. The van der Waals surface area contributed by atoms with Crippen LogP contribution in [0.2, 0.25) is 0 Å². The molecular formula is C22H21NO5S. The Labute approximate surface area is 169 Å². The molecule has 1 fully saturated rings. The van der Waals surface area contributed by atoms with Gasteiger partial charge in [-0.3, -0.25) is 0 Å². The topological polar surface area (TPSA) is 72.9 Å². The zero-order chi connectivity index (χ0) is 20.4. The summed E-state index contributed by atoms with van der Waals surface area (Å²) in [6.45, 7) is 3.04. The van der Waals surface area contributed by atoms with E-state index >= 15 is 0 Å². The van der Waals surface area contributed by atoms with E-state index in [1.807, 2.05) is 30.3 Å². The summed E-state index contributed by atoms with van der Waals surface area (Å²) >= 11 is 0. The summed E-state index contributed by atoms with van der Waals surface area (Å²) in [4.78, 5) is 12.8. The van der Waals surface area contributed by atoms with Crippen LogP contribution in [-0.2, 0) is 14.8 Å². The highest BCUT2D eigenvalue weighted by Gasteiger charge is 2.28. The van der Waals surface area contributed by atoms with E-state index in [2.05, 4.69) is 0 Å². The van der Waals surface area contributed by atoms with Crippen LogP contribution in [0, 0.1) is 6.92 Å². The number of ether oxygens (including phenoxy) is 2. The Balaban J connectivity index is 1.61. The molecule has 1 aliphatic heterocycles. The lowest BCUT2D eigenvalue weighted by molar-refractivity contribution is 0.0727. The van der Waals surface area contributed by atoms with Gasteiger partial charge >= 0.3 is 5.97 Å². The van der Waals surface area contributed by atoms with Crippen LogP contribution in [0.5, 0.6) is 5.75 Å². The lowest BCUT2D eigenvalue weighted by Crippen LogP contribution is -2.40. The van der Waals surface area contributed by atoms with Crippen molar-refractivity contribution >= 4 is 26.8 Å². The van der Waals surface area contributed by atoms with E-state index in [1.165, 1.54) is 10.4 Å². The third kappa shape index (κ3) is 4.03. The molecule has 4 rings (SSSR count). The van der Waals surface area contributed by atoms with E-state index in [4.69, 9.17) is 9.47 Å². The van der Waals surface area contributed by atoms with Crippen LogP contribution >= 0.6 is 0 Å². The molecule has 0 radical (unpaired) electrons. The van der Waals surface area contributed by atoms with Crippen molar-refractivity contribution in [1.82, 2.24) is 4.31 Å². The lowest BCUT2D eigenvalue weighted by atomic mass is 10.1. The molecule has 29 heavy (non-hydrogen) atoms. The molecule has 3 aromatic carbocycles. The Kier molecular flexibility index (Phi) is 5.36. The summed E-state index contributed by atoms with van der Waals surface area (Å²) in [5.41, 5.74) is 0.773. The molecule has 1 saturated heterocycles. The van der Waals surface area contributed by atoms with Gasteiger partial charge in [0.2, 0.25) is 10.0 Å². The zero-order valence-corrected chi connectivity index (χ0v) is 16.8. The maximum Gasteiger partial charge on any atom is 0.343 e. The number of aryl methyl sites for hydroxylation is 1. The van der Waals surface area contributed by atoms with Crippen molar-refractivity contribution in [1.29, 1.82) is 0 Å². The minimum absolute atomic E-state index is 0.118. The predicted octanol–water partition coefficient (Wildman–Crippen LogP) is 3.39. The Morgan fingerprint density at radius 2 is 1.69 bits per heavy atom. The minimum atomic E-state index is -3.70. The number of benzene rings is 3. The van der Waals surface area contributed by atoms with E-state index in [1.54, 1.807) is 31.2 Å². The number of nitrogens with zero attached hydrogens (tertiary/aromatic N) is 1. The van der Waals surface area contributed by atoms with E-state index in [-0.39, 0.29) is 10.5 Å². The molecular weight excluding hydrogens is 390 g/mol. The molecule has 150 valence electrons. The van der Waals surface area contributed by atoms with Crippen molar-refractivity contribution in [2.45, 2.75) is 11.8 Å².